The van der Waals surface area contributed by atoms with E-state index in [9.17, 15) is 14.4 Å². The SMILES string of the molecule is COC(CNC(=O)OCC1c2ccccc2-c2ccccc21)C(=O)NCc1ncc(C(=O)O)s1. The molecule has 1 aromatic heterocycles. The first-order valence-corrected chi connectivity index (χ1v) is 11.4. The van der Waals surface area contributed by atoms with Gasteiger partial charge in [-0.05, 0) is 22.3 Å². The van der Waals surface area contributed by atoms with Crippen LogP contribution in [0.3, 0.4) is 0 Å². The second-order valence-corrected chi connectivity index (χ2v) is 8.69. The number of carboxylic acid groups (broad SMARTS) is 1. The molecule has 0 bridgehead atoms. The highest BCUT2D eigenvalue weighted by atomic mass is 32.1. The molecule has 0 aliphatic heterocycles. The highest BCUT2D eigenvalue weighted by Gasteiger charge is 2.29. The van der Waals surface area contributed by atoms with Crippen molar-refractivity contribution >= 4 is 29.3 Å². The van der Waals surface area contributed by atoms with E-state index in [-0.39, 0.29) is 30.5 Å². The van der Waals surface area contributed by atoms with Gasteiger partial charge in [-0.15, -0.1) is 11.3 Å². The fourth-order valence-corrected chi connectivity index (χ4v) is 4.57. The van der Waals surface area contributed by atoms with Crippen molar-refractivity contribution in [1.29, 1.82) is 0 Å². The highest BCUT2D eigenvalue weighted by Crippen LogP contribution is 2.44. The number of carbonyl (C=O) groups is 3. The van der Waals surface area contributed by atoms with Gasteiger partial charge in [0, 0.05) is 13.0 Å². The third-order valence-corrected chi connectivity index (χ3v) is 6.52. The number of carboxylic acids is 1. The van der Waals surface area contributed by atoms with E-state index in [1.54, 1.807) is 0 Å². The second-order valence-electron chi connectivity index (χ2n) is 7.57. The van der Waals surface area contributed by atoms with E-state index in [4.69, 9.17) is 14.6 Å². The number of hydrogen-bond donors (Lipinski definition) is 3. The van der Waals surface area contributed by atoms with Crippen LogP contribution < -0.4 is 10.6 Å². The Morgan fingerprint density at radius 3 is 2.29 bits per heavy atom. The molecular weight excluding hydrogens is 458 g/mol. The van der Waals surface area contributed by atoms with Crippen molar-refractivity contribution in [2.45, 2.75) is 18.6 Å². The summed E-state index contributed by atoms with van der Waals surface area (Å²) in [5.41, 5.74) is 4.50. The topological polar surface area (TPSA) is 127 Å². The zero-order valence-corrected chi connectivity index (χ0v) is 19.1. The molecule has 176 valence electrons. The molecule has 1 aliphatic carbocycles. The van der Waals surface area contributed by atoms with Crippen molar-refractivity contribution in [3.63, 3.8) is 0 Å². The summed E-state index contributed by atoms with van der Waals surface area (Å²) in [5.74, 6) is -1.60. The van der Waals surface area contributed by atoms with Gasteiger partial charge in [-0.25, -0.2) is 14.6 Å². The van der Waals surface area contributed by atoms with Crippen molar-refractivity contribution in [3.05, 3.63) is 75.7 Å². The molecule has 0 saturated carbocycles. The zero-order valence-electron chi connectivity index (χ0n) is 18.3. The lowest BCUT2D eigenvalue weighted by atomic mass is 9.98. The number of aromatic nitrogens is 1. The van der Waals surface area contributed by atoms with Gasteiger partial charge in [-0.2, -0.15) is 0 Å². The molecule has 1 aliphatic rings. The molecule has 4 rings (SSSR count). The molecule has 3 aromatic rings. The maximum absolute atomic E-state index is 12.4. The summed E-state index contributed by atoms with van der Waals surface area (Å²) < 4.78 is 10.6. The van der Waals surface area contributed by atoms with Gasteiger partial charge in [0.25, 0.3) is 5.91 Å². The summed E-state index contributed by atoms with van der Waals surface area (Å²) in [6.07, 6.45) is -0.358. The first-order valence-electron chi connectivity index (χ1n) is 10.5. The Labute approximate surface area is 199 Å². The van der Waals surface area contributed by atoms with E-state index in [0.29, 0.717) is 5.01 Å². The number of amides is 2. The van der Waals surface area contributed by atoms with Crippen LogP contribution in [0.25, 0.3) is 11.1 Å². The number of aromatic carboxylic acids is 1. The number of benzene rings is 2. The number of nitrogens with zero attached hydrogens (tertiary/aromatic N) is 1. The Balaban J connectivity index is 1.27. The number of fused-ring (bicyclic) bond motifs is 3. The monoisotopic (exact) mass is 481 g/mol. The molecule has 0 saturated heterocycles. The minimum atomic E-state index is -1.07. The minimum Gasteiger partial charge on any atom is -0.477 e. The van der Waals surface area contributed by atoms with Gasteiger partial charge in [0.2, 0.25) is 0 Å². The first kappa shape index (κ1) is 23.4. The van der Waals surface area contributed by atoms with E-state index in [2.05, 4.69) is 27.8 Å². The maximum atomic E-state index is 12.4. The van der Waals surface area contributed by atoms with Crippen molar-refractivity contribution in [2.75, 3.05) is 20.3 Å². The van der Waals surface area contributed by atoms with Crippen molar-refractivity contribution < 1.29 is 29.0 Å². The molecular formula is C24H23N3O6S. The standard InChI is InChI=1S/C24H23N3O6S/c1-32-19(22(28)26-12-21-25-11-20(34-21)23(29)30)10-27-24(31)33-13-18-16-8-4-2-6-14(16)15-7-3-5-9-17(15)18/h2-9,11,18-19H,10,12-13H2,1H3,(H,26,28)(H,27,31)(H,29,30). The molecule has 2 aromatic carbocycles. The Morgan fingerprint density at radius 1 is 1.06 bits per heavy atom. The Bertz CT molecular complexity index is 1170. The number of hydrogen-bond acceptors (Lipinski definition) is 7. The van der Waals surface area contributed by atoms with Crippen LogP contribution in [0, 0.1) is 0 Å². The van der Waals surface area contributed by atoms with E-state index in [0.717, 1.165) is 33.6 Å². The summed E-state index contributed by atoms with van der Waals surface area (Å²) in [6.45, 7) is 0.137. The van der Waals surface area contributed by atoms with Crippen molar-refractivity contribution in [3.8, 4) is 11.1 Å². The lowest BCUT2D eigenvalue weighted by Crippen LogP contribution is -2.43. The lowest BCUT2D eigenvalue weighted by Gasteiger charge is -2.17. The third kappa shape index (κ3) is 5.08. The van der Waals surface area contributed by atoms with Gasteiger partial charge >= 0.3 is 12.1 Å². The summed E-state index contributed by atoms with van der Waals surface area (Å²) in [5, 5.41) is 14.6. The predicted molar refractivity (Wildman–Crippen MR) is 125 cm³/mol. The van der Waals surface area contributed by atoms with Crippen LogP contribution in [0.5, 0.6) is 0 Å². The normalized spacial score (nSPS) is 13.0. The molecule has 1 heterocycles. The summed E-state index contributed by atoms with van der Waals surface area (Å²) in [4.78, 5) is 39.7. The molecule has 0 spiro atoms. The molecule has 34 heavy (non-hydrogen) atoms. The number of alkyl carbamates (subject to hydrolysis) is 1. The number of methoxy groups -OCH3 is 1. The number of rotatable bonds is 9. The van der Waals surface area contributed by atoms with Crippen molar-refractivity contribution in [1.82, 2.24) is 15.6 Å². The summed E-state index contributed by atoms with van der Waals surface area (Å²) in [7, 11) is 1.36. The molecule has 1 unspecified atom stereocenters. The van der Waals surface area contributed by atoms with Gasteiger partial charge in [0.05, 0.1) is 19.3 Å². The fourth-order valence-electron chi connectivity index (χ4n) is 3.88. The Morgan fingerprint density at radius 2 is 1.71 bits per heavy atom. The molecule has 1 atom stereocenters. The fraction of sp³-hybridized carbons (Fsp3) is 0.250. The molecule has 10 heteroatoms. The summed E-state index contributed by atoms with van der Waals surface area (Å²) in [6, 6.07) is 16.1. The predicted octanol–water partition coefficient (Wildman–Crippen LogP) is 3.01. The van der Waals surface area contributed by atoms with Crippen LogP contribution >= 0.6 is 11.3 Å². The van der Waals surface area contributed by atoms with Crippen LogP contribution in [0.1, 0.15) is 31.7 Å². The quantitative estimate of drug-likeness (QED) is 0.429. The molecule has 0 fully saturated rings. The van der Waals surface area contributed by atoms with E-state index >= 15 is 0 Å². The first-order chi connectivity index (χ1) is 16.5. The summed E-state index contributed by atoms with van der Waals surface area (Å²) >= 11 is 0.974. The molecule has 2 amide bonds. The number of carbonyl (C=O) groups excluding carboxylic acids is 2. The van der Waals surface area contributed by atoms with E-state index in [1.165, 1.54) is 13.3 Å². The smallest absolute Gasteiger partial charge is 0.407 e. The van der Waals surface area contributed by atoms with E-state index in [1.807, 2.05) is 36.4 Å². The zero-order chi connectivity index (χ0) is 24.1. The minimum absolute atomic E-state index is 0.0571. The van der Waals surface area contributed by atoms with Crippen molar-refractivity contribution in [2.24, 2.45) is 0 Å². The largest absolute Gasteiger partial charge is 0.477 e. The van der Waals surface area contributed by atoms with Crippen LogP contribution in [-0.4, -0.2) is 54.4 Å². The van der Waals surface area contributed by atoms with Gasteiger partial charge < -0.3 is 25.2 Å². The molecule has 3 N–H and O–H groups in total. The van der Waals surface area contributed by atoms with Gasteiger partial charge in [0.15, 0.2) is 6.10 Å². The number of ether oxygens (including phenoxy) is 2. The van der Waals surface area contributed by atoms with E-state index < -0.39 is 24.1 Å². The van der Waals surface area contributed by atoms with Gasteiger partial charge in [0.1, 0.15) is 16.5 Å². The average Bonchev–Trinajstić information content (AvgIpc) is 3.45. The Kier molecular flexibility index (Phi) is 7.19. The van der Waals surface area contributed by atoms with Crippen LogP contribution in [-0.2, 0) is 20.8 Å². The van der Waals surface area contributed by atoms with Crippen LogP contribution in [0.15, 0.2) is 54.7 Å². The molecule has 9 nitrogen and oxygen atoms in total. The van der Waals surface area contributed by atoms with Crippen LogP contribution in [0.2, 0.25) is 0 Å². The molecule has 0 radical (unpaired) electrons. The average molecular weight is 482 g/mol. The third-order valence-electron chi connectivity index (χ3n) is 5.53. The Hall–Kier alpha value is -3.76. The highest BCUT2D eigenvalue weighted by molar-refractivity contribution is 7.13. The van der Waals surface area contributed by atoms with Gasteiger partial charge in [-0.1, -0.05) is 48.5 Å². The number of nitrogens with one attached hydrogen (secondary N) is 2. The van der Waals surface area contributed by atoms with Crippen LogP contribution in [0.4, 0.5) is 4.79 Å². The number of thiazole rings is 1. The second kappa shape index (κ2) is 10.4. The maximum Gasteiger partial charge on any atom is 0.407 e. The van der Waals surface area contributed by atoms with Gasteiger partial charge in [-0.3, -0.25) is 4.79 Å². The lowest BCUT2D eigenvalue weighted by molar-refractivity contribution is -0.130.